The summed E-state index contributed by atoms with van der Waals surface area (Å²) in [6, 6.07) is 16.3. The van der Waals surface area contributed by atoms with Gasteiger partial charge in [0.2, 0.25) is 10.0 Å². The van der Waals surface area contributed by atoms with Crippen LogP contribution in [0.5, 0.6) is 0 Å². The van der Waals surface area contributed by atoms with Gasteiger partial charge in [-0.2, -0.15) is 4.31 Å². The van der Waals surface area contributed by atoms with Crippen molar-refractivity contribution in [3.8, 4) is 0 Å². The fourth-order valence-electron chi connectivity index (χ4n) is 3.18. The fourth-order valence-corrected chi connectivity index (χ4v) is 5.05. The first kappa shape index (κ1) is 22.4. The smallest absolute Gasteiger partial charge is 0.245 e. The van der Waals surface area contributed by atoms with Crippen LogP contribution < -0.4 is 4.90 Å². The lowest BCUT2D eigenvalue weighted by Gasteiger charge is -2.39. The van der Waals surface area contributed by atoms with Crippen molar-refractivity contribution < 1.29 is 13.5 Å². The molecule has 2 rings (SSSR count). The molecule has 1 atom stereocenters. The third kappa shape index (κ3) is 5.13. The molecule has 28 heavy (non-hydrogen) atoms. The van der Waals surface area contributed by atoms with E-state index in [0.717, 1.165) is 11.3 Å². The molecule has 2 aromatic carbocycles. The van der Waals surface area contributed by atoms with Crippen LogP contribution in [-0.4, -0.2) is 44.2 Å². The van der Waals surface area contributed by atoms with Crippen molar-refractivity contribution in [1.82, 2.24) is 4.31 Å². The van der Waals surface area contributed by atoms with Gasteiger partial charge in [-0.25, -0.2) is 8.42 Å². The van der Waals surface area contributed by atoms with Gasteiger partial charge in [0.25, 0.3) is 0 Å². The number of aliphatic hydroxyl groups is 1. The van der Waals surface area contributed by atoms with Crippen molar-refractivity contribution in [3.63, 3.8) is 0 Å². The lowest BCUT2D eigenvalue weighted by atomic mass is 9.99. The molecular weight excluding hydrogens is 372 g/mol. The second-order valence-electron chi connectivity index (χ2n) is 7.82. The molecule has 1 unspecified atom stereocenters. The van der Waals surface area contributed by atoms with Gasteiger partial charge in [0.05, 0.1) is 4.90 Å². The Kier molecular flexibility index (Phi) is 7.26. The summed E-state index contributed by atoms with van der Waals surface area (Å²) in [5, 5.41) is 11.5. The summed E-state index contributed by atoms with van der Waals surface area (Å²) in [6.45, 7) is 5.97. The average Bonchev–Trinajstić information content (AvgIpc) is 2.66. The molecule has 154 valence electrons. The van der Waals surface area contributed by atoms with Crippen LogP contribution in [0.25, 0.3) is 0 Å². The topological polar surface area (TPSA) is 60.9 Å². The maximum Gasteiger partial charge on any atom is 0.245 e. The van der Waals surface area contributed by atoms with Crippen molar-refractivity contribution in [3.05, 3.63) is 60.2 Å². The lowest BCUT2D eigenvalue weighted by Crippen LogP contribution is -2.54. The van der Waals surface area contributed by atoms with Crippen LogP contribution >= 0.6 is 0 Å². The molecule has 0 aromatic heterocycles. The molecule has 2 aromatic rings. The van der Waals surface area contributed by atoms with Crippen molar-refractivity contribution in [2.75, 3.05) is 25.5 Å². The predicted octanol–water partition coefficient (Wildman–Crippen LogP) is 3.74. The van der Waals surface area contributed by atoms with Gasteiger partial charge in [-0.05, 0) is 42.2 Å². The summed E-state index contributed by atoms with van der Waals surface area (Å²) in [4.78, 5) is 2.11. The van der Waals surface area contributed by atoms with Crippen LogP contribution in [0.15, 0.2) is 59.5 Å². The maximum absolute atomic E-state index is 13.5. The second-order valence-corrected chi connectivity index (χ2v) is 9.68. The van der Waals surface area contributed by atoms with Crippen LogP contribution in [0.2, 0.25) is 0 Å². The Morgan fingerprint density at radius 1 is 1.00 bits per heavy atom. The Bertz CT molecular complexity index is 849. The molecule has 5 nitrogen and oxygen atoms in total. The highest BCUT2D eigenvalue weighted by molar-refractivity contribution is 7.89. The minimum Gasteiger partial charge on any atom is -0.378 e. The molecule has 0 spiro atoms. The normalized spacial score (nSPS) is 14.3. The molecule has 0 saturated carbocycles. The maximum atomic E-state index is 13.5. The number of anilines is 1. The van der Waals surface area contributed by atoms with E-state index in [1.54, 1.807) is 24.3 Å². The Morgan fingerprint density at radius 2 is 1.57 bits per heavy atom. The Balaban J connectivity index is 2.47. The third-order valence-corrected chi connectivity index (χ3v) is 6.77. The molecule has 1 N–H and O–H groups in total. The minimum atomic E-state index is -3.86. The molecule has 0 radical (unpaired) electrons. The highest BCUT2D eigenvalue weighted by atomic mass is 32.2. The van der Waals surface area contributed by atoms with E-state index in [2.05, 4.69) is 0 Å². The van der Waals surface area contributed by atoms with Gasteiger partial charge in [-0.15, -0.1) is 0 Å². The van der Waals surface area contributed by atoms with E-state index in [4.69, 9.17) is 0 Å². The van der Waals surface area contributed by atoms with Crippen LogP contribution in [0, 0.1) is 5.92 Å². The molecule has 0 aliphatic carbocycles. The fraction of sp³-hybridized carbons (Fsp3) is 0.455. The average molecular weight is 405 g/mol. The highest BCUT2D eigenvalue weighted by Crippen LogP contribution is 2.30. The number of benzene rings is 2. The number of hydrogen-bond donors (Lipinski definition) is 1. The number of sulfonamides is 1. The first-order valence-electron chi connectivity index (χ1n) is 9.66. The highest BCUT2D eigenvalue weighted by Gasteiger charge is 2.41. The van der Waals surface area contributed by atoms with Gasteiger partial charge in [0, 0.05) is 32.7 Å². The zero-order chi connectivity index (χ0) is 20.9. The van der Waals surface area contributed by atoms with Gasteiger partial charge >= 0.3 is 0 Å². The molecule has 0 fully saturated rings. The summed E-state index contributed by atoms with van der Waals surface area (Å²) in [6.07, 6.45) is 0.537. The molecule has 0 bridgehead atoms. The second kappa shape index (κ2) is 9.07. The third-order valence-electron chi connectivity index (χ3n) is 4.83. The number of rotatable bonds is 9. The molecular formula is C22H32N2O3S. The molecule has 0 amide bonds. The standard InChI is InChI=1S/C22H32N2O3S/c1-6-22(25,16-19-10-8-7-9-11-19)24(17-18(2)3)28(26,27)21-14-12-20(13-15-21)23(4)5/h7-15,18,25H,6,16-17H2,1-5H3. The number of hydrogen-bond acceptors (Lipinski definition) is 4. The summed E-state index contributed by atoms with van der Waals surface area (Å²) >= 11 is 0. The molecule has 6 heteroatoms. The van der Waals surface area contributed by atoms with Crippen molar-refractivity contribution in [1.29, 1.82) is 0 Å². The Hall–Kier alpha value is -1.89. The first-order valence-corrected chi connectivity index (χ1v) is 11.1. The van der Waals surface area contributed by atoms with Gasteiger partial charge in [0.15, 0.2) is 0 Å². The monoisotopic (exact) mass is 404 g/mol. The molecule has 0 aliphatic heterocycles. The van der Waals surface area contributed by atoms with Crippen LogP contribution in [0.3, 0.4) is 0 Å². The first-order chi connectivity index (χ1) is 13.1. The Labute approximate surface area is 169 Å². The van der Waals surface area contributed by atoms with E-state index in [0.29, 0.717) is 6.42 Å². The van der Waals surface area contributed by atoms with Gasteiger partial charge in [-0.1, -0.05) is 51.1 Å². The zero-order valence-electron chi connectivity index (χ0n) is 17.5. The summed E-state index contributed by atoms with van der Waals surface area (Å²) in [5.41, 5.74) is 0.327. The van der Waals surface area contributed by atoms with Crippen LogP contribution in [-0.2, 0) is 16.4 Å². The largest absolute Gasteiger partial charge is 0.378 e. The van der Waals surface area contributed by atoms with Gasteiger partial charge in [-0.3, -0.25) is 0 Å². The van der Waals surface area contributed by atoms with Crippen LogP contribution in [0.4, 0.5) is 5.69 Å². The predicted molar refractivity (Wildman–Crippen MR) is 115 cm³/mol. The van der Waals surface area contributed by atoms with Gasteiger partial charge < -0.3 is 10.0 Å². The summed E-state index contributed by atoms with van der Waals surface area (Å²) in [7, 11) is -0.0496. The molecule has 0 saturated heterocycles. The van der Waals surface area contributed by atoms with Crippen molar-refractivity contribution >= 4 is 15.7 Å². The Morgan fingerprint density at radius 3 is 2.04 bits per heavy atom. The van der Waals surface area contributed by atoms with E-state index >= 15 is 0 Å². The zero-order valence-corrected chi connectivity index (χ0v) is 18.3. The minimum absolute atomic E-state index is 0.0738. The van der Waals surface area contributed by atoms with E-state index < -0.39 is 15.7 Å². The van der Waals surface area contributed by atoms with E-state index in [9.17, 15) is 13.5 Å². The summed E-state index contributed by atoms with van der Waals surface area (Å²) < 4.78 is 28.3. The van der Waals surface area contributed by atoms with E-state index in [1.807, 2.05) is 70.1 Å². The quantitative estimate of drug-likeness (QED) is 0.647. The van der Waals surface area contributed by atoms with E-state index in [1.165, 1.54) is 4.31 Å². The van der Waals surface area contributed by atoms with Crippen molar-refractivity contribution in [2.24, 2.45) is 5.92 Å². The SMILES string of the molecule is CCC(O)(Cc1ccccc1)N(CC(C)C)S(=O)(=O)c1ccc(N(C)C)cc1. The van der Waals surface area contributed by atoms with Gasteiger partial charge in [0.1, 0.15) is 5.72 Å². The van der Waals surface area contributed by atoms with Crippen LogP contribution in [0.1, 0.15) is 32.8 Å². The molecule has 0 heterocycles. The number of nitrogens with zero attached hydrogens (tertiary/aromatic N) is 2. The lowest BCUT2D eigenvalue weighted by molar-refractivity contribution is -0.0674. The van der Waals surface area contributed by atoms with E-state index in [-0.39, 0.29) is 23.8 Å². The molecule has 0 aliphatic rings. The summed E-state index contributed by atoms with van der Waals surface area (Å²) in [5.74, 6) is 0.0738. The van der Waals surface area contributed by atoms with Crippen molar-refractivity contribution in [2.45, 2.75) is 44.2 Å².